The predicted octanol–water partition coefficient (Wildman–Crippen LogP) is 2.24. The highest BCUT2D eigenvalue weighted by molar-refractivity contribution is 7.99. The summed E-state index contributed by atoms with van der Waals surface area (Å²) in [6.45, 7) is 5.54. The number of hydrogen-bond acceptors (Lipinski definition) is 6. The second-order valence-corrected chi connectivity index (χ2v) is 5.03. The monoisotopic (exact) mass is 242 g/mol. The molecule has 1 N–H and O–H groups in total. The zero-order chi connectivity index (χ0) is 12.3. The van der Waals surface area contributed by atoms with Crippen molar-refractivity contribution in [1.29, 1.82) is 0 Å². The molecule has 0 saturated heterocycles. The number of aromatic nitrogens is 2. The van der Waals surface area contributed by atoms with E-state index < -0.39 is 4.92 Å². The highest BCUT2D eigenvalue weighted by Crippen LogP contribution is 2.32. The van der Waals surface area contributed by atoms with E-state index in [0.717, 1.165) is 0 Å². The first-order chi connectivity index (χ1) is 7.45. The number of aryl methyl sites for hydroxylation is 1. The maximum atomic E-state index is 10.9. The average molecular weight is 242 g/mol. The molecule has 0 bridgehead atoms. The van der Waals surface area contributed by atoms with Crippen LogP contribution in [0.5, 0.6) is 0 Å². The summed E-state index contributed by atoms with van der Waals surface area (Å²) in [4.78, 5) is 18.6. The van der Waals surface area contributed by atoms with Crippen LogP contribution in [0.3, 0.4) is 0 Å². The number of nitrogens with one attached hydrogen (secondary N) is 1. The Kier molecular flexibility index (Phi) is 4.05. The van der Waals surface area contributed by atoms with Gasteiger partial charge in [-0.3, -0.25) is 10.1 Å². The Hall–Kier alpha value is -1.37. The summed E-state index contributed by atoms with van der Waals surface area (Å²) in [5, 5.41) is 14.4. The first-order valence-corrected chi connectivity index (χ1v) is 5.71. The van der Waals surface area contributed by atoms with Crippen LogP contribution in [0.15, 0.2) is 5.03 Å². The fourth-order valence-corrected chi connectivity index (χ4v) is 2.09. The van der Waals surface area contributed by atoms with E-state index in [9.17, 15) is 10.1 Å². The summed E-state index contributed by atoms with van der Waals surface area (Å²) >= 11 is 1.36. The number of nitro groups is 1. The standard InChI is InChI=1S/C9H14N4O2S/c1-5(2)16-8-7(13(14)15)6(3)11-9(10-4)12-8/h5H,1-4H3,(H,10,11,12). The Bertz CT molecular complexity index is 409. The summed E-state index contributed by atoms with van der Waals surface area (Å²) in [5.74, 6) is 0.409. The fraction of sp³-hybridized carbons (Fsp3) is 0.556. The molecule has 0 aromatic carbocycles. The van der Waals surface area contributed by atoms with Crippen molar-refractivity contribution in [3.63, 3.8) is 0 Å². The minimum atomic E-state index is -0.431. The van der Waals surface area contributed by atoms with Crippen molar-refractivity contribution in [2.24, 2.45) is 0 Å². The predicted molar refractivity (Wildman–Crippen MR) is 64.0 cm³/mol. The zero-order valence-corrected chi connectivity index (χ0v) is 10.5. The van der Waals surface area contributed by atoms with Crippen molar-refractivity contribution < 1.29 is 4.92 Å². The zero-order valence-electron chi connectivity index (χ0n) is 9.64. The molecule has 0 unspecified atom stereocenters. The minimum absolute atomic E-state index is 0.00213. The van der Waals surface area contributed by atoms with E-state index in [2.05, 4.69) is 15.3 Å². The molecule has 1 rings (SSSR count). The summed E-state index contributed by atoms with van der Waals surface area (Å²) in [5.41, 5.74) is 0.380. The Balaban J connectivity index is 3.28. The molecule has 0 aliphatic heterocycles. The van der Waals surface area contributed by atoms with Crippen LogP contribution in [0.1, 0.15) is 19.5 Å². The summed E-state index contributed by atoms with van der Waals surface area (Å²) in [6, 6.07) is 0. The van der Waals surface area contributed by atoms with E-state index in [-0.39, 0.29) is 10.9 Å². The molecule has 0 spiro atoms. The van der Waals surface area contributed by atoms with Crippen LogP contribution in [0.25, 0.3) is 0 Å². The molecule has 16 heavy (non-hydrogen) atoms. The highest BCUT2D eigenvalue weighted by atomic mass is 32.2. The maximum Gasteiger partial charge on any atom is 0.322 e. The third kappa shape index (κ3) is 2.82. The van der Waals surface area contributed by atoms with Crippen molar-refractivity contribution in [3.05, 3.63) is 15.8 Å². The molecule has 0 amide bonds. The van der Waals surface area contributed by atoms with Gasteiger partial charge < -0.3 is 5.32 Å². The lowest BCUT2D eigenvalue weighted by atomic mass is 10.4. The van der Waals surface area contributed by atoms with Crippen LogP contribution >= 0.6 is 11.8 Å². The van der Waals surface area contributed by atoms with Crippen LogP contribution in [-0.4, -0.2) is 27.2 Å². The van der Waals surface area contributed by atoms with E-state index >= 15 is 0 Å². The highest BCUT2D eigenvalue weighted by Gasteiger charge is 2.22. The van der Waals surface area contributed by atoms with E-state index in [4.69, 9.17) is 0 Å². The van der Waals surface area contributed by atoms with Gasteiger partial charge in [0.05, 0.1) is 4.92 Å². The van der Waals surface area contributed by atoms with Crippen molar-refractivity contribution in [3.8, 4) is 0 Å². The van der Waals surface area contributed by atoms with Crippen molar-refractivity contribution in [2.75, 3.05) is 12.4 Å². The third-order valence-corrected chi connectivity index (χ3v) is 2.76. The molecule has 0 radical (unpaired) electrons. The lowest BCUT2D eigenvalue weighted by molar-refractivity contribution is -0.389. The number of anilines is 1. The van der Waals surface area contributed by atoms with Gasteiger partial charge in [0, 0.05) is 12.3 Å². The van der Waals surface area contributed by atoms with Crippen LogP contribution in [0.4, 0.5) is 11.6 Å². The molecule has 0 aliphatic rings. The number of nitrogens with zero attached hydrogens (tertiary/aromatic N) is 3. The molecule has 0 atom stereocenters. The summed E-state index contributed by atoms with van der Waals surface area (Å²) in [7, 11) is 1.68. The van der Waals surface area contributed by atoms with E-state index in [1.807, 2.05) is 13.8 Å². The van der Waals surface area contributed by atoms with Crippen LogP contribution in [0, 0.1) is 17.0 Å². The lowest BCUT2D eigenvalue weighted by Gasteiger charge is -2.08. The topological polar surface area (TPSA) is 81.0 Å². The first-order valence-electron chi connectivity index (χ1n) is 4.83. The normalized spacial score (nSPS) is 10.6. The largest absolute Gasteiger partial charge is 0.357 e. The maximum absolute atomic E-state index is 10.9. The molecule has 88 valence electrons. The Morgan fingerprint density at radius 1 is 1.44 bits per heavy atom. The van der Waals surface area contributed by atoms with Gasteiger partial charge in [-0.1, -0.05) is 25.6 Å². The molecule has 0 aliphatic carbocycles. The van der Waals surface area contributed by atoms with Gasteiger partial charge in [0.15, 0.2) is 5.03 Å². The second kappa shape index (κ2) is 5.11. The number of thioether (sulfide) groups is 1. The number of hydrogen-bond donors (Lipinski definition) is 1. The van der Waals surface area contributed by atoms with E-state index in [1.165, 1.54) is 11.8 Å². The van der Waals surface area contributed by atoms with Crippen LogP contribution < -0.4 is 5.32 Å². The molecular formula is C9H14N4O2S. The Morgan fingerprint density at radius 3 is 2.50 bits per heavy atom. The summed E-state index contributed by atoms with van der Waals surface area (Å²) < 4.78 is 0. The van der Waals surface area contributed by atoms with Gasteiger partial charge in [-0.05, 0) is 6.92 Å². The first kappa shape index (κ1) is 12.7. The Morgan fingerprint density at radius 2 is 2.06 bits per heavy atom. The van der Waals surface area contributed by atoms with E-state index in [1.54, 1.807) is 14.0 Å². The third-order valence-electron chi connectivity index (χ3n) is 1.78. The van der Waals surface area contributed by atoms with Crippen molar-refractivity contribution in [1.82, 2.24) is 9.97 Å². The van der Waals surface area contributed by atoms with Crippen LogP contribution in [0.2, 0.25) is 0 Å². The average Bonchev–Trinajstić information content (AvgIpc) is 2.14. The second-order valence-electron chi connectivity index (χ2n) is 3.46. The number of rotatable bonds is 4. The van der Waals surface area contributed by atoms with Gasteiger partial charge >= 0.3 is 5.69 Å². The smallest absolute Gasteiger partial charge is 0.322 e. The van der Waals surface area contributed by atoms with Gasteiger partial charge in [0.1, 0.15) is 5.69 Å². The molecule has 6 nitrogen and oxygen atoms in total. The molecule has 1 aromatic heterocycles. The fourth-order valence-electron chi connectivity index (χ4n) is 1.17. The minimum Gasteiger partial charge on any atom is -0.357 e. The molecule has 0 fully saturated rings. The summed E-state index contributed by atoms with van der Waals surface area (Å²) in [6.07, 6.45) is 0. The lowest BCUT2D eigenvalue weighted by Crippen LogP contribution is -2.05. The van der Waals surface area contributed by atoms with E-state index in [0.29, 0.717) is 16.7 Å². The van der Waals surface area contributed by atoms with Gasteiger partial charge in [-0.2, -0.15) is 4.98 Å². The van der Waals surface area contributed by atoms with Gasteiger partial charge in [-0.25, -0.2) is 4.98 Å². The molecule has 1 heterocycles. The van der Waals surface area contributed by atoms with Gasteiger partial charge in [0.2, 0.25) is 5.95 Å². The molecular weight excluding hydrogens is 228 g/mol. The molecule has 0 saturated carbocycles. The SMILES string of the molecule is CNc1nc(C)c([N+](=O)[O-])c(SC(C)C)n1. The quantitative estimate of drug-likeness (QED) is 0.377. The molecule has 7 heteroatoms. The van der Waals surface area contributed by atoms with Crippen molar-refractivity contribution in [2.45, 2.75) is 31.0 Å². The van der Waals surface area contributed by atoms with Gasteiger partial charge in [0.25, 0.3) is 0 Å². The van der Waals surface area contributed by atoms with Crippen molar-refractivity contribution >= 4 is 23.4 Å². The molecule has 1 aromatic rings. The van der Waals surface area contributed by atoms with Gasteiger partial charge in [-0.15, -0.1) is 0 Å². The van der Waals surface area contributed by atoms with Crippen LogP contribution in [-0.2, 0) is 0 Å². The Labute approximate surface area is 98.0 Å².